The van der Waals surface area contributed by atoms with Crippen molar-refractivity contribution in [2.75, 3.05) is 6.54 Å². The van der Waals surface area contributed by atoms with Gasteiger partial charge in [0.1, 0.15) is 5.82 Å². The summed E-state index contributed by atoms with van der Waals surface area (Å²) >= 11 is 7.04. The van der Waals surface area contributed by atoms with Crippen molar-refractivity contribution in [1.29, 1.82) is 0 Å². The van der Waals surface area contributed by atoms with Crippen LogP contribution in [0.2, 0.25) is 0 Å². The molecule has 4 heteroatoms. The van der Waals surface area contributed by atoms with Crippen LogP contribution in [0.4, 0.5) is 4.39 Å². The summed E-state index contributed by atoms with van der Waals surface area (Å²) in [6.07, 6.45) is 0.998. The number of rotatable bonds is 5. The number of halogens is 3. The zero-order chi connectivity index (χ0) is 15.4. The molecule has 1 N–H and O–H groups in total. The summed E-state index contributed by atoms with van der Waals surface area (Å²) in [5.74, 6) is -0.177. The van der Waals surface area contributed by atoms with Gasteiger partial charge in [0.15, 0.2) is 0 Å². The number of nitrogens with one attached hydrogen (secondary N) is 1. The van der Waals surface area contributed by atoms with E-state index in [1.165, 1.54) is 6.07 Å². The van der Waals surface area contributed by atoms with Crippen LogP contribution < -0.4 is 5.32 Å². The predicted octanol–water partition coefficient (Wildman–Crippen LogP) is 5.75. The third-order valence-electron chi connectivity index (χ3n) is 3.33. The quantitative estimate of drug-likeness (QED) is 0.656. The van der Waals surface area contributed by atoms with Gasteiger partial charge in [-0.25, -0.2) is 4.39 Å². The largest absolute Gasteiger partial charge is 0.306 e. The molecule has 2 rings (SSSR count). The van der Waals surface area contributed by atoms with Crippen molar-refractivity contribution < 1.29 is 4.39 Å². The Morgan fingerprint density at radius 3 is 2.52 bits per heavy atom. The SMILES string of the molecule is CCCNC(c1cc(C)ccc1F)c1ccc(Br)cc1Br. The monoisotopic (exact) mass is 413 g/mol. The minimum atomic E-state index is -0.177. The van der Waals surface area contributed by atoms with Crippen LogP contribution in [0.25, 0.3) is 0 Å². The normalized spacial score (nSPS) is 12.4. The molecule has 1 unspecified atom stereocenters. The topological polar surface area (TPSA) is 12.0 Å². The highest BCUT2D eigenvalue weighted by Crippen LogP contribution is 2.32. The first kappa shape index (κ1) is 16.7. The lowest BCUT2D eigenvalue weighted by atomic mass is 9.96. The molecule has 0 amide bonds. The van der Waals surface area contributed by atoms with E-state index in [1.807, 2.05) is 31.2 Å². The van der Waals surface area contributed by atoms with Gasteiger partial charge in [-0.1, -0.05) is 62.5 Å². The zero-order valence-corrected chi connectivity index (χ0v) is 15.3. The Kier molecular flexibility index (Phi) is 5.97. The van der Waals surface area contributed by atoms with Gasteiger partial charge in [-0.3, -0.25) is 0 Å². The van der Waals surface area contributed by atoms with E-state index in [0.29, 0.717) is 5.56 Å². The van der Waals surface area contributed by atoms with Crippen molar-refractivity contribution in [2.24, 2.45) is 0 Å². The molecule has 0 bridgehead atoms. The Labute approximate surface area is 142 Å². The first-order valence-corrected chi connectivity index (χ1v) is 8.56. The summed E-state index contributed by atoms with van der Waals surface area (Å²) in [7, 11) is 0. The average Bonchev–Trinajstić information content (AvgIpc) is 2.44. The molecule has 112 valence electrons. The fraction of sp³-hybridized carbons (Fsp3) is 0.294. The fourth-order valence-electron chi connectivity index (χ4n) is 2.30. The van der Waals surface area contributed by atoms with Crippen molar-refractivity contribution in [1.82, 2.24) is 5.32 Å². The Hall–Kier alpha value is -0.710. The molecule has 0 saturated heterocycles. The van der Waals surface area contributed by atoms with Crippen molar-refractivity contribution in [2.45, 2.75) is 26.3 Å². The lowest BCUT2D eigenvalue weighted by molar-refractivity contribution is 0.545. The van der Waals surface area contributed by atoms with E-state index in [1.54, 1.807) is 6.07 Å². The van der Waals surface area contributed by atoms with Gasteiger partial charge < -0.3 is 5.32 Å². The molecule has 0 aliphatic heterocycles. The Morgan fingerprint density at radius 1 is 1.10 bits per heavy atom. The molecule has 0 heterocycles. The van der Waals surface area contributed by atoms with E-state index >= 15 is 0 Å². The van der Waals surface area contributed by atoms with E-state index in [4.69, 9.17) is 0 Å². The zero-order valence-electron chi connectivity index (χ0n) is 12.1. The summed E-state index contributed by atoms with van der Waals surface area (Å²) in [6.45, 7) is 4.92. The maximum absolute atomic E-state index is 14.3. The van der Waals surface area contributed by atoms with Gasteiger partial charge in [-0.2, -0.15) is 0 Å². The average molecular weight is 415 g/mol. The fourth-order valence-corrected chi connectivity index (χ4v) is 3.57. The van der Waals surface area contributed by atoms with Crippen molar-refractivity contribution in [3.63, 3.8) is 0 Å². The number of aryl methyl sites for hydroxylation is 1. The smallest absolute Gasteiger partial charge is 0.128 e. The molecule has 2 aromatic carbocycles. The lowest BCUT2D eigenvalue weighted by Crippen LogP contribution is -2.24. The second-order valence-corrected chi connectivity index (χ2v) is 6.85. The number of hydrogen-bond donors (Lipinski definition) is 1. The highest BCUT2D eigenvalue weighted by atomic mass is 79.9. The first-order chi connectivity index (χ1) is 10.0. The van der Waals surface area contributed by atoms with Gasteiger partial charge in [0.05, 0.1) is 6.04 Å². The number of benzene rings is 2. The van der Waals surface area contributed by atoms with E-state index in [-0.39, 0.29) is 11.9 Å². The standard InChI is InChI=1S/C17H18Br2FN/c1-3-8-21-17(13-6-5-12(18)10-15(13)19)14-9-11(2)4-7-16(14)20/h4-7,9-10,17,21H,3,8H2,1-2H3. The molecule has 1 atom stereocenters. The van der Waals surface area contributed by atoms with E-state index < -0.39 is 0 Å². The molecule has 0 fully saturated rings. The minimum Gasteiger partial charge on any atom is -0.306 e. The maximum Gasteiger partial charge on any atom is 0.128 e. The molecule has 0 spiro atoms. The second kappa shape index (κ2) is 7.52. The van der Waals surface area contributed by atoms with Gasteiger partial charge >= 0.3 is 0 Å². The van der Waals surface area contributed by atoms with Crippen LogP contribution in [0, 0.1) is 12.7 Å². The van der Waals surface area contributed by atoms with E-state index in [0.717, 1.165) is 33.0 Å². The van der Waals surface area contributed by atoms with Crippen LogP contribution in [-0.4, -0.2) is 6.54 Å². The molecule has 1 nitrogen and oxygen atoms in total. The first-order valence-electron chi connectivity index (χ1n) is 6.97. The molecule has 2 aromatic rings. The van der Waals surface area contributed by atoms with E-state index in [2.05, 4.69) is 44.1 Å². The lowest BCUT2D eigenvalue weighted by Gasteiger charge is -2.22. The third kappa shape index (κ3) is 4.15. The van der Waals surface area contributed by atoms with Crippen LogP contribution in [0.1, 0.15) is 36.1 Å². The Bertz CT molecular complexity index is 628. The summed E-state index contributed by atoms with van der Waals surface area (Å²) in [6, 6.07) is 11.1. The molecule has 0 radical (unpaired) electrons. The summed E-state index contributed by atoms with van der Waals surface area (Å²) in [5, 5.41) is 3.45. The minimum absolute atomic E-state index is 0.160. The Balaban J connectivity index is 2.49. The van der Waals surface area contributed by atoms with Gasteiger partial charge in [-0.15, -0.1) is 0 Å². The second-order valence-electron chi connectivity index (χ2n) is 5.08. The van der Waals surface area contributed by atoms with Crippen LogP contribution in [0.15, 0.2) is 45.3 Å². The van der Waals surface area contributed by atoms with Gasteiger partial charge in [0, 0.05) is 14.5 Å². The highest BCUT2D eigenvalue weighted by molar-refractivity contribution is 9.11. The van der Waals surface area contributed by atoms with Crippen molar-refractivity contribution in [3.8, 4) is 0 Å². The molecule has 0 saturated carbocycles. The summed E-state index contributed by atoms with van der Waals surface area (Å²) < 4.78 is 16.2. The molecule has 0 aliphatic rings. The van der Waals surface area contributed by atoms with Crippen molar-refractivity contribution in [3.05, 3.63) is 67.9 Å². The molecular weight excluding hydrogens is 397 g/mol. The third-order valence-corrected chi connectivity index (χ3v) is 4.51. The molecular formula is C17H18Br2FN. The van der Waals surface area contributed by atoms with Crippen LogP contribution in [-0.2, 0) is 0 Å². The number of hydrogen-bond acceptors (Lipinski definition) is 1. The van der Waals surface area contributed by atoms with E-state index in [9.17, 15) is 4.39 Å². The maximum atomic E-state index is 14.3. The predicted molar refractivity (Wildman–Crippen MR) is 93.1 cm³/mol. The van der Waals surface area contributed by atoms with Gasteiger partial charge in [0.25, 0.3) is 0 Å². The summed E-state index contributed by atoms with van der Waals surface area (Å²) in [5.41, 5.74) is 2.78. The van der Waals surface area contributed by atoms with Gasteiger partial charge in [0.2, 0.25) is 0 Å². The Morgan fingerprint density at radius 2 is 1.86 bits per heavy atom. The molecule has 0 aromatic heterocycles. The van der Waals surface area contributed by atoms with Crippen LogP contribution in [0.5, 0.6) is 0 Å². The molecule has 0 aliphatic carbocycles. The molecule has 21 heavy (non-hydrogen) atoms. The van der Waals surface area contributed by atoms with Crippen molar-refractivity contribution >= 4 is 31.9 Å². The highest BCUT2D eigenvalue weighted by Gasteiger charge is 2.19. The van der Waals surface area contributed by atoms with Gasteiger partial charge in [-0.05, 0) is 43.7 Å². The van der Waals surface area contributed by atoms with Crippen LogP contribution >= 0.6 is 31.9 Å². The van der Waals surface area contributed by atoms with Crippen LogP contribution in [0.3, 0.4) is 0 Å². The summed E-state index contributed by atoms with van der Waals surface area (Å²) in [4.78, 5) is 0.